The van der Waals surface area contributed by atoms with Crippen LogP contribution >= 0.6 is 22.9 Å². The summed E-state index contributed by atoms with van der Waals surface area (Å²) in [5, 5.41) is 7.41. The maximum Gasteiger partial charge on any atom is 0.156 e. The van der Waals surface area contributed by atoms with E-state index in [2.05, 4.69) is 42.0 Å². The first-order valence-corrected chi connectivity index (χ1v) is 11.6. The number of thiophene rings is 1. The molecule has 4 nitrogen and oxygen atoms in total. The number of benzene rings is 1. The van der Waals surface area contributed by atoms with E-state index >= 15 is 0 Å². The van der Waals surface area contributed by atoms with Gasteiger partial charge in [0.15, 0.2) is 5.65 Å². The van der Waals surface area contributed by atoms with Gasteiger partial charge >= 0.3 is 0 Å². The van der Waals surface area contributed by atoms with E-state index in [0.717, 1.165) is 38.9 Å². The van der Waals surface area contributed by atoms with Gasteiger partial charge in [-0.2, -0.15) is 5.10 Å². The largest absolute Gasteiger partial charge is 0.317 e. The summed E-state index contributed by atoms with van der Waals surface area (Å²) in [6.45, 7) is 8.16. The van der Waals surface area contributed by atoms with Gasteiger partial charge in [-0.1, -0.05) is 17.7 Å². The number of halogens is 2. The highest BCUT2D eigenvalue weighted by molar-refractivity contribution is 7.14. The molecule has 0 spiro atoms. The van der Waals surface area contributed by atoms with Crippen molar-refractivity contribution in [2.24, 2.45) is 0 Å². The lowest BCUT2D eigenvalue weighted by Crippen LogP contribution is -2.07. The second kappa shape index (κ2) is 7.87. The highest BCUT2D eigenvalue weighted by Crippen LogP contribution is 2.34. The molecule has 4 heterocycles. The van der Waals surface area contributed by atoms with E-state index < -0.39 is 0 Å². The third kappa shape index (κ3) is 3.34. The molecule has 0 N–H and O–H groups in total. The summed E-state index contributed by atoms with van der Waals surface area (Å²) in [7, 11) is 0. The van der Waals surface area contributed by atoms with Gasteiger partial charge in [0.1, 0.15) is 11.5 Å². The third-order valence-corrected chi connectivity index (χ3v) is 7.25. The number of aryl methyl sites for hydroxylation is 4. The predicted molar refractivity (Wildman–Crippen MR) is 129 cm³/mol. The normalized spacial score (nSPS) is 11.6. The average molecular weight is 465 g/mol. The topological polar surface area (TPSA) is 35.1 Å². The standard InChI is InChI=1S/C25H22ClFN4S/c1-14-8-9-15(2)30(14)23-10-11-32-25(23)22-13-24-28-16(3)18(17(4)31(24)29-22)12-19-20(26)6-5-7-21(19)27/h5-11,13H,12H2,1-4H3. The molecule has 0 aliphatic rings. The maximum absolute atomic E-state index is 14.4. The average Bonchev–Trinajstić information content (AvgIpc) is 3.45. The Balaban J connectivity index is 1.63. The molecule has 0 unspecified atom stereocenters. The molecule has 0 saturated carbocycles. The Kier molecular flexibility index (Phi) is 5.14. The highest BCUT2D eigenvalue weighted by Gasteiger charge is 2.19. The minimum Gasteiger partial charge on any atom is -0.317 e. The van der Waals surface area contributed by atoms with Crippen LogP contribution in [0.1, 0.15) is 33.9 Å². The zero-order valence-corrected chi connectivity index (χ0v) is 19.9. The molecule has 7 heteroatoms. The van der Waals surface area contributed by atoms with Gasteiger partial charge in [-0.3, -0.25) is 0 Å². The molecular weight excluding hydrogens is 443 g/mol. The van der Waals surface area contributed by atoms with Gasteiger partial charge in [-0.05, 0) is 69.0 Å². The van der Waals surface area contributed by atoms with E-state index in [1.165, 1.54) is 17.5 Å². The fourth-order valence-corrected chi connectivity index (χ4v) is 5.35. The van der Waals surface area contributed by atoms with Crippen LogP contribution in [0.3, 0.4) is 0 Å². The van der Waals surface area contributed by atoms with E-state index in [1.807, 2.05) is 24.4 Å². The van der Waals surface area contributed by atoms with E-state index in [0.29, 0.717) is 17.0 Å². The zero-order valence-electron chi connectivity index (χ0n) is 18.3. The van der Waals surface area contributed by atoms with Crippen molar-refractivity contribution in [2.75, 3.05) is 0 Å². The second-order valence-electron chi connectivity index (χ2n) is 8.02. The lowest BCUT2D eigenvalue weighted by molar-refractivity contribution is 0.613. The van der Waals surface area contributed by atoms with Crippen molar-refractivity contribution < 1.29 is 4.39 Å². The van der Waals surface area contributed by atoms with E-state index in [-0.39, 0.29) is 5.82 Å². The minimum atomic E-state index is -0.307. The van der Waals surface area contributed by atoms with Crippen LogP contribution in [0.4, 0.5) is 4.39 Å². The van der Waals surface area contributed by atoms with Crippen LogP contribution in [0.5, 0.6) is 0 Å². The lowest BCUT2D eigenvalue weighted by Gasteiger charge is -2.12. The quantitative estimate of drug-likeness (QED) is 0.291. The Labute approximate surface area is 194 Å². The summed E-state index contributed by atoms with van der Waals surface area (Å²) < 4.78 is 18.5. The van der Waals surface area contributed by atoms with Crippen LogP contribution in [0.2, 0.25) is 5.02 Å². The number of fused-ring (bicyclic) bond motifs is 1. The molecule has 0 radical (unpaired) electrons. The van der Waals surface area contributed by atoms with Crippen molar-refractivity contribution in [3.63, 3.8) is 0 Å². The summed E-state index contributed by atoms with van der Waals surface area (Å²) in [6.07, 6.45) is 0.368. The Morgan fingerprint density at radius 3 is 2.47 bits per heavy atom. The van der Waals surface area contributed by atoms with Gasteiger partial charge in [-0.15, -0.1) is 11.3 Å². The molecule has 0 fully saturated rings. The van der Waals surface area contributed by atoms with E-state index in [9.17, 15) is 4.39 Å². The number of hydrogen-bond acceptors (Lipinski definition) is 3. The van der Waals surface area contributed by atoms with Crippen LogP contribution in [0, 0.1) is 33.5 Å². The Bertz CT molecular complexity index is 1440. The van der Waals surface area contributed by atoms with Gasteiger partial charge in [0.05, 0.1) is 10.6 Å². The van der Waals surface area contributed by atoms with Crippen LogP contribution in [0.15, 0.2) is 47.8 Å². The lowest BCUT2D eigenvalue weighted by atomic mass is 10.0. The SMILES string of the molecule is Cc1nc2cc(-c3sccc3-n3c(C)ccc3C)nn2c(C)c1Cc1c(F)cccc1Cl. The third-order valence-electron chi connectivity index (χ3n) is 5.97. The van der Waals surface area contributed by atoms with Crippen molar-refractivity contribution in [2.45, 2.75) is 34.1 Å². The summed E-state index contributed by atoms with van der Waals surface area (Å²) in [5.74, 6) is -0.307. The van der Waals surface area contributed by atoms with Gasteiger partial charge < -0.3 is 4.57 Å². The first-order valence-electron chi connectivity index (χ1n) is 10.4. The first kappa shape index (κ1) is 20.9. The molecule has 0 bridgehead atoms. The first-order chi connectivity index (χ1) is 15.3. The molecule has 0 atom stereocenters. The zero-order chi connectivity index (χ0) is 22.6. The number of rotatable bonds is 4. The molecule has 0 saturated heterocycles. The highest BCUT2D eigenvalue weighted by atomic mass is 35.5. The molecule has 5 rings (SSSR count). The molecule has 1 aromatic carbocycles. The monoisotopic (exact) mass is 464 g/mol. The minimum absolute atomic E-state index is 0.307. The Morgan fingerprint density at radius 2 is 1.75 bits per heavy atom. The molecule has 32 heavy (non-hydrogen) atoms. The van der Waals surface area contributed by atoms with E-state index in [1.54, 1.807) is 23.5 Å². The van der Waals surface area contributed by atoms with Gasteiger partial charge in [-0.25, -0.2) is 13.9 Å². The van der Waals surface area contributed by atoms with Crippen LogP contribution in [-0.4, -0.2) is 19.2 Å². The summed E-state index contributed by atoms with van der Waals surface area (Å²) in [4.78, 5) is 5.87. The smallest absolute Gasteiger partial charge is 0.156 e. The molecule has 0 aliphatic carbocycles. The van der Waals surface area contributed by atoms with Gasteiger partial charge in [0, 0.05) is 45.8 Å². The molecule has 4 aromatic heterocycles. The van der Waals surface area contributed by atoms with Crippen LogP contribution in [0.25, 0.3) is 21.9 Å². The summed E-state index contributed by atoms with van der Waals surface area (Å²) >= 11 is 7.94. The number of aromatic nitrogens is 4. The van der Waals surface area contributed by atoms with E-state index in [4.69, 9.17) is 21.7 Å². The molecule has 0 amide bonds. The Morgan fingerprint density at radius 1 is 1.00 bits per heavy atom. The Hall–Kier alpha value is -2.96. The van der Waals surface area contributed by atoms with Crippen molar-refractivity contribution in [1.82, 2.24) is 19.2 Å². The fourth-order valence-electron chi connectivity index (χ4n) is 4.29. The van der Waals surface area contributed by atoms with Gasteiger partial charge in [0.25, 0.3) is 0 Å². The second-order valence-corrected chi connectivity index (χ2v) is 9.35. The van der Waals surface area contributed by atoms with Crippen molar-refractivity contribution in [1.29, 1.82) is 0 Å². The molecule has 162 valence electrons. The van der Waals surface area contributed by atoms with Crippen LogP contribution < -0.4 is 0 Å². The molecular formula is C25H22ClFN4S. The van der Waals surface area contributed by atoms with Crippen molar-refractivity contribution >= 4 is 28.6 Å². The molecule has 0 aliphatic heterocycles. The maximum atomic E-state index is 14.4. The summed E-state index contributed by atoms with van der Waals surface area (Å²) in [6, 6.07) is 13.2. The molecule has 5 aromatic rings. The van der Waals surface area contributed by atoms with Crippen molar-refractivity contribution in [3.8, 4) is 16.3 Å². The number of hydrogen-bond donors (Lipinski definition) is 0. The van der Waals surface area contributed by atoms with Gasteiger partial charge in [0.2, 0.25) is 0 Å². The predicted octanol–water partition coefficient (Wildman–Crippen LogP) is 6.87. The van der Waals surface area contributed by atoms with Crippen molar-refractivity contribution in [3.05, 3.63) is 92.6 Å². The summed E-state index contributed by atoms with van der Waals surface area (Å²) in [5.41, 5.74) is 8.33. The number of nitrogens with zero attached hydrogens (tertiary/aromatic N) is 4. The fraction of sp³-hybridized carbons (Fsp3) is 0.200. The van der Waals surface area contributed by atoms with Crippen LogP contribution in [-0.2, 0) is 6.42 Å².